The number of nitrogens with zero attached hydrogens (tertiary/aromatic N) is 1. The highest BCUT2D eigenvalue weighted by atomic mass is 19.2. The minimum Gasteiger partial charge on any atom is -0.465 e. The van der Waals surface area contributed by atoms with Crippen LogP contribution in [0.2, 0.25) is 0 Å². The Hall–Kier alpha value is -1.69. The van der Waals surface area contributed by atoms with Crippen LogP contribution < -0.4 is 10.6 Å². The van der Waals surface area contributed by atoms with E-state index < -0.39 is 23.2 Å². The zero-order chi connectivity index (χ0) is 14.9. The van der Waals surface area contributed by atoms with Gasteiger partial charge in [0.1, 0.15) is 0 Å². The molecule has 0 bridgehead atoms. The summed E-state index contributed by atoms with van der Waals surface area (Å²) in [7, 11) is 1.13. The van der Waals surface area contributed by atoms with Crippen LogP contribution in [0.3, 0.4) is 0 Å². The first-order valence-electron chi connectivity index (χ1n) is 6.52. The highest BCUT2D eigenvalue weighted by Gasteiger charge is 2.29. The summed E-state index contributed by atoms with van der Waals surface area (Å²) in [5.41, 5.74) is 5.61. The summed E-state index contributed by atoms with van der Waals surface area (Å²) in [6.45, 7) is 3.12. The maximum atomic E-state index is 14.1. The zero-order valence-electron chi connectivity index (χ0n) is 11.5. The summed E-state index contributed by atoms with van der Waals surface area (Å²) >= 11 is 0. The second-order valence-corrected chi connectivity index (χ2v) is 5.11. The first kappa shape index (κ1) is 14.7. The maximum Gasteiger partial charge on any atom is 0.340 e. The molecule has 1 aromatic carbocycles. The van der Waals surface area contributed by atoms with Gasteiger partial charge in [-0.3, -0.25) is 0 Å². The van der Waals surface area contributed by atoms with Gasteiger partial charge in [0.2, 0.25) is 0 Å². The Morgan fingerprint density at radius 2 is 2.15 bits per heavy atom. The van der Waals surface area contributed by atoms with Gasteiger partial charge in [-0.2, -0.15) is 0 Å². The van der Waals surface area contributed by atoms with Crippen LogP contribution in [0.5, 0.6) is 0 Å². The van der Waals surface area contributed by atoms with E-state index in [0.717, 1.165) is 13.5 Å². The summed E-state index contributed by atoms with van der Waals surface area (Å²) in [5, 5.41) is 0. The fraction of sp³-hybridized carbons (Fsp3) is 0.500. The molecule has 1 heterocycles. The molecular weight excluding hydrogens is 266 g/mol. The van der Waals surface area contributed by atoms with Gasteiger partial charge >= 0.3 is 5.97 Å². The molecule has 1 aliphatic heterocycles. The Bertz CT molecular complexity index is 520. The summed E-state index contributed by atoms with van der Waals surface area (Å²) in [5.74, 6) is -2.81. The predicted octanol–water partition coefficient (Wildman–Crippen LogP) is 1.92. The number of methoxy groups -OCH3 is 1. The fourth-order valence-corrected chi connectivity index (χ4v) is 2.49. The lowest BCUT2D eigenvalue weighted by molar-refractivity contribution is 0.0594. The molecule has 0 radical (unpaired) electrons. The Morgan fingerprint density at radius 3 is 2.70 bits per heavy atom. The first-order valence-corrected chi connectivity index (χ1v) is 6.52. The van der Waals surface area contributed by atoms with Gasteiger partial charge in [0.05, 0.1) is 18.4 Å². The van der Waals surface area contributed by atoms with E-state index in [4.69, 9.17) is 5.73 Å². The zero-order valence-corrected chi connectivity index (χ0v) is 11.5. The number of carbonyl (C=O) groups is 1. The summed E-state index contributed by atoms with van der Waals surface area (Å²) in [6, 6.07) is 2.68. The summed E-state index contributed by atoms with van der Waals surface area (Å²) in [6.07, 6.45) is 0.845. The second kappa shape index (κ2) is 5.75. The maximum absolute atomic E-state index is 14.1. The third-order valence-corrected chi connectivity index (χ3v) is 3.78. The van der Waals surface area contributed by atoms with Crippen LogP contribution in [0.4, 0.5) is 14.5 Å². The van der Waals surface area contributed by atoms with Crippen LogP contribution in [0.15, 0.2) is 12.1 Å². The normalized spacial score (nSPS) is 20.1. The van der Waals surface area contributed by atoms with E-state index in [0.29, 0.717) is 13.1 Å². The van der Waals surface area contributed by atoms with E-state index in [1.807, 2.05) is 6.92 Å². The highest BCUT2D eigenvalue weighted by Crippen LogP contribution is 2.30. The number of nitrogens with two attached hydrogens (primary N) is 1. The van der Waals surface area contributed by atoms with E-state index in [9.17, 15) is 13.6 Å². The fourth-order valence-electron chi connectivity index (χ4n) is 2.49. The third-order valence-electron chi connectivity index (χ3n) is 3.78. The number of carbonyl (C=O) groups excluding carboxylic acids is 1. The molecule has 2 rings (SSSR count). The van der Waals surface area contributed by atoms with Gasteiger partial charge in [-0.25, -0.2) is 13.6 Å². The molecule has 20 heavy (non-hydrogen) atoms. The Labute approximate surface area is 116 Å². The van der Waals surface area contributed by atoms with Gasteiger partial charge in [-0.1, -0.05) is 0 Å². The molecule has 1 aromatic rings. The number of ether oxygens (including phenoxy) is 1. The lowest BCUT2D eigenvalue weighted by Crippen LogP contribution is -2.30. The van der Waals surface area contributed by atoms with Crippen molar-refractivity contribution in [2.24, 2.45) is 11.7 Å². The van der Waals surface area contributed by atoms with Gasteiger partial charge < -0.3 is 15.4 Å². The van der Waals surface area contributed by atoms with E-state index >= 15 is 0 Å². The number of benzene rings is 1. The molecule has 6 heteroatoms. The average molecular weight is 284 g/mol. The quantitative estimate of drug-likeness (QED) is 0.862. The molecule has 0 aliphatic carbocycles. The molecule has 1 fully saturated rings. The van der Waals surface area contributed by atoms with E-state index in [1.165, 1.54) is 12.1 Å². The number of anilines is 1. The van der Waals surface area contributed by atoms with Crippen molar-refractivity contribution in [2.75, 3.05) is 25.1 Å². The van der Waals surface area contributed by atoms with Crippen LogP contribution in [0, 0.1) is 17.6 Å². The average Bonchev–Trinajstić information content (AvgIpc) is 2.90. The molecule has 2 atom stereocenters. The molecule has 1 saturated heterocycles. The van der Waals surface area contributed by atoms with Gasteiger partial charge in [-0.05, 0) is 31.4 Å². The molecule has 2 unspecified atom stereocenters. The molecule has 0 aromatic heterocycles. The lowest BCUT2D eigenvalue weighted by atomic mass is 10.0. The molecule has 0 saturated carbocycles. The van der Waals surface area contributed by atoms with E-state index in [-0.39, 0.29) is 17.6 Å². The van der Waals surface area contributed by atoms with Gasteiger partial charge in [0.25, 0.3) is 0 Å². The largest absolute Gasteiger partial charge is 0.465 e. The Balaban J connectivity index is 2.27. The minimum atomic E-state index is -1.17. The van der Waals surface area contributed by atoms with Gasteiger partial charge in [0.15, 0.2) is 11.6 Å². The number of rotatable bonds is 3. The van der Waals surface area contributed by atoms with Crippen LogP contribution >= 0.6 is 0 Å². The minimum absolute atomic E-state index is 0.0160. The molecule has 110 valence electrons. The van der Waals surface area contributed by atoms with Crippen LogP contribution in [0.1, 0.15) is 23.7 Å². The number of hydrogen-bond donors (Lipinski definition) is 1. The number of halogens is 2. The second-order valence-electron chi connectivity index (χ2n) is 5.11. The van der Waals surface area contributed by atoms with Gasteiger partial charge in [0, 0.05) is 19.1 Å². The molecule has 0 spiro atoms. The molecule has 2 N–H and O–H groups in total. The standard InChI is InChI=1S/C14H18F2N2O2/c1-8(17)9-5-6-18(7-9)11-4-3-10(14(19)20-2)12(15)13(11)16/h3-4,8-9H,5-7,17H2,1-2H3. The molecular formula is C14H18F2N2O2. The van der Waals surface area contributed by atoms with Crippen LogP contribution in [0.25, 0.3) is 0 Å². The van der Waals surface area contributed by atoms with Crippen molar-refractivity contribution in [3.8, 4) is 0 Å². The smallest absolute Gasteiger partial charge is 0.340 e. The number of hydrogen-bond acceptors (Lipinski definition) is 4. The van der Waals surface area contributed by atoms with Crippen molar-refractivity contribution in [1.82, 2.24) is 0 Å². The summed E-state index contributed by atoms with van der Waals surface area (Å²) < 4.78 is 32.4. The van der Waals surface area contributed by atoms with E-state index in [2.05, 4.69) is 4.74 Å². The van der Waals surface area contributed by atoms with Crippen molar-refractivity contribution >= 4 is 11.7 Å². The summed E-state index contributed by atoms with van der Waals surface area (Å²) in [4.78, 5) is 13.1. The monoisotopic (exact) mass is 284 g/mol. The first-order chi connectivity index (χ1) is 9.45. The molecule has 0 amide bonds. The Kier molecular flexibility index (Phi) is 4.23. The van der Waals surface area contributed by atoms with Crippen molar-refractivity contribution in [3.05, 3.63) is 29.3 Å². The molecule has 4 nitrogen and oxygen atoms in total. The van der Waals surface area contributed by atoms with Crippen molar-refractivity contribution < 1.29 is 18.3 Å². The van der Waals surface area contributed by atoms with Crippen molar-refractivity contribution in [1.29, 1.82) is 0 Å². The number of esters is 1. The van der Waals surface area contributed by atoms with Crippen molar-refractivity contribution in [3.63, 3.8) is 0 Å². The molecule has 1 aliphatic rings. The predicted molar refractivity (Wildman–Crippen MR) is 71.7 cm³/mol. The topological polar surface area (TPSA) is 55.6 Å². The van der Waals surface area contributed by atoms with Crippen molar-refractivity contribution in [2.45, 2.75) is 19.4 Å². The van der Waals surface area contributed by atoms with Crippen LogP contribution in [-0.4, -0.2) is 32.2 Å². The lowest BCUT2D eigenvalue weighted by Gasteiger charge is -2.21. The Morgan fingerprint density at radius 1 is 1.45 bits per heavy atom. The van der Waals surface area contributed by atoms with Gasteiger partial charge in [-0.15, -0.1) is 0 Å². The highest BCUT2D eigenvalue weighted by molar-refractivity contribution is 5.90. The SMILES string of the molecule is COC(=O)c1ccc(N2CCC(C(C)N)C2)c(F)c1F. The van der Waals surface area contributed by atoms with E-state index in [1.54, 1.807) is 4.90 Å². The third kappa shape index (κ3) is 2.60. The van der Waals surface area contributed by atoms with Crippen LogP contribution in [-0.2, 0) is 4.74 Å².